The maximum absolute atomic E-state index is 11.5. The van der Waals surface area contributed by atoms with Crippen LogP contribution in [0, 0.1) is 0 Å². The Morgan fingerprint density at radius 1 is 1.56 bits per heavy atom. The molecule has 2 amide bonds. The number of rotatable bonds is 4. The van der Waals surface area contributed by atoms with Gasteiger partial charge in [0.05, 0.1) is 18.4 Å². The average Bonchev–Trinajstić information content (AvgIpc) is 2.60. The lowest BCUT2D eigenvalue weighted by Gasteiger charge is -2.08. The van der Waals surface area contributed by atoms with Gasteiger partial charge in [0.1, 0.15) is 5.69 Å². The third kappa shape index (κ3) is 3.26. The molecule has 0 saturated heterocycles. The van der Waals surface area contributed by atoms with E-state index in [-0.39, 0.29) is 29.9 Å². The zero-order valence-corrected chi connectivity index (χ0v) is 9.20. The second-order valence-electron chi connectivity index (χ2n) is 3.61. The Kier molecular flexibility index (Phi) is 3.87. The van der Waals surface area contributed by atoms with Crippen LogP contribution < -0.4 is 16.4 Å². The van der Waals surface area contributed by atoms with E-state index in [1.807, 2.05) is 13.8 Å². The summed E-state index contributed by atoms with van der Waals surface area (Å²) in [6.45, 7) is 3.59. The normalized spacial score (nSPS) is 10.2. The Morgan fingerprint density at radius 2 is 2.25 bits per heavy atom. The highest BCUT2D eigenvalue weighted by molar-refractivity contribution is 5.98. The van der Waals surface area contributed by atoms with Crippen LogP contribution in [0.2, 0.25) is 0 Å². The minimum absolute atomic E-state index is 0.0432. The van der Waals surface area contributed by atoms with Crippen LogP contribution in [0.4, 0.5) is 5.69 Å². The standard InChI is InChI=1S/C9H15N5O2/c1-5(2)13-7(15)4-11-9(16)8-6(10)3-12-14-8/h3,5H,4,10H2,1-2H3,(H,11,16)(H,12,14)(H,13,15). The molecule has 1 heterocycles. The summed E-state index contributed by atoms with van der Waals surface area (Å²) in [4.78, 5) is 22.7. The lowest BCUT2D eigenvalue weighted by Crippen LogP contribution is -2.40. The lowest BCUT2D eigenvalue weighted by molar-refractivity contribution is -0.120. The summed E-state index contributed by atoms with van der Waals surface area (Å²) in [7, 11) is 0. The molecule has 0 unspecified atom stereocenters. The molecule has 0 aliphatic rings. The fourth-order valence-electron chi connectivity index (χ4n) is 1.10. The highest BCUT2D eigenvalue weighted by Gasteiger charge is 2.12. The van der Waals surface area contributed by atoms with Gasteiger partial charge in [-0.3, -0.25) is 14.7 Å². The Hall–Kier alpha value is -2.05. The first kappa shape index (κ1) is 12.0. The number of nitrogens with zero attached hydrogens (tertiary/aromatic N) is 1. The molecular formula is C9H15N5O2. The van der Waals surface area contributed by atoms with Gasteiger partial charge in [-0.2, -0.15) is 5.10 Å². The van der Waals surface area contributed by atoms with Gasteiger partial charge >= 0.3 is 0 Å². The third-order valence-corrected chi connectivity index (χ3v) is 1.75. The average molecular weight is 225 g/mol. The van der Waals surface area contributed by atoms with Crippen molar-refractivity contribution in [3.63, 3.8) is 0 Å². The lowest BCUT2D eigenvalue weighted by atomic mass is 10.3. The van der Waals surface area contributed by atoms with Gasteiger partial charge in [-0.25, -0.2) is 0 Å². The predicted octanol–water partition coefficient (Wildman–Crippen LogP) is -0.754. The number of carbonyl (C=O) groups is 2. The van der Waals surface area contributed by atoms with Crippen LogP contribution in [-0.2, 0) is 4.79 Å². The zero-order valence-electron chi connectivity index (χ0n) is 9.20. The quantitative estimate of drug-likeness (QED) is 0.539. The predicted molar refractivity (Wildman–Crippen MR) is 58.6 cm³/mol. The van der Waals surface area contributed by atoms with Gasteiger partial charge in [0.25, 0.3) is 5.91 Å². The van der Waals surface area contributed by atoms with Crippen molar-refractivity contribution in [2.24, 2.45) is 0 Å². The van der Waals surface area contributed by atoms with Crippen molar-refractivity contribution in [3.8, 4) is 0 Å². The number of aromatic nitrogens is 2. The van der Waals surface area contributed by atoms with E-state index in [0.29, 0.717) is 0 Å². The van der Waals surface area contributed by atoms with Crippen LogP contribution in [0.25, 0.3) is 0 Å². The number of carbonyl (C=O) groups excluding carboxylic acids is 2. The number of hydrogen-bond donors (Lipinski definition) is 4. The maximum Gasteiger partial charge on any atom is 0.271 e. The van der Waals surface area contributed by atoms with Crippen LogP contribution in [-0.4, -0.2) is 34.6 Å². The summed E-state index contributed by atoms with van der Waals surface area (Å²) in [5, 5.41) is 11.1. The van der Waals surface area contributed by atoms with Gasteiger partial charge in [0.2, 0.25) is 5.91 Å². The minimum atomic E-state index is -0.450. The van der Waals surface area contributed by atoms with E-state index in [4.69, 9.17) is 5.73 Å². The Bertz CT molecular complexity index is 385. The summed E-state index contributed by atoms with van der Waals surface area (Å²) in [6, 6.07) is 0.0432. The number of nitrogen functional groups attached to an aromatic ring is 1. The van der Waals surface area contributed by atoms with E-state index in [1.54, 1.807) is 0 Å². The van der Waals surface area contributed by atoms with Crippen LogP contribution >= 0.6 is 0 Å². The molecule has 0 radical (unpaired) electrons. The molecule has 0 aliphatic heterocycles. The Labute approximate surface area is 92.8 Å². The molecule has 0 aliphatic carbocycles. The van der Waals surface area contributed by atoms with Crippen molar-refractivity contribution in [3.05, 3.63) is 11.9 Å². The number of nitrogens with two attached hydrogens (primary N) is 1. The molecule has 0 spiro atoms. The zero-order chi connectivity index (χ0) is 12.1. The molecule has 0 fully saturated rings. The van der Waals surface area contributed by atoms with E-state index in [0.717, 1.165) is 0 Å². The number of anilines is 1. The van der Waals surface area contributed by atoms with Crippen LogP contribution in [0.5, 0.6) is 0 Å². The van der Waals surface area contributed by atoms with Crippen molar-refractivity contribution in [2.45, 2.75) is 19.9 Å². The number of aromatic amines is 1. The van der Waals surface area contributed by atoms with Crippen LogP contribution in [0.1, 0.15) is 24.3 Å². The highest BCUT2D eigenvalue weighted by atomic mass is 16.2. The molecule has 0 saturated carbocycles. The molecular weight excluding hydrogens is 210 g/mol. The Balaban J connectivity index is 2.42. The smallest absolute Gasteiger partial charge is 0.271 e. The molecule has 5 N–H and O–H groups in total. The molecule has 0 aromatic carbocycles. The molecule has 1 rings (SSSR count). The fraction of sp³-hybridized carbons (Fsp3) is 0.444. The first-order valence-electron chi connectivity index (χ1n) is 4.87. The Morgan fingerprint density at radius 3 is 2.75 bits per heavy atom. The summed E-state index contributed by atoms with van der Waals surface area (Å²) in [6.07, 6.45) is 1.34. The molecule has 0 atom stereocenters. The minimum Gasteiger partial charge on any atom is -0.396 e. The van der Waals surface area contributed by atoms with E-state index in [2.05, 4.69) is 20.8 Å². The second kappa shape index (κ2) is 5.15. The number of amides is 2. The second-order valence-corrected chi connectivity index (χ2v) is 3.61. The molecule has 1 aromatic rings. The summed E-state index contributed by atoms with van der Waals surface area (Å²) >= 11 is 0. The molecule has 16 heavy (non-hydrogen) atoms. The third-order valence-electron chi connectivity index (χ3n) is 1.75. The van der Waals surface area contributed by atoms with Gasteiger partial charge in [-0.15, -0.1) is 0 Å². The van der Waals surface area contributed by atoms with Crippen LogP contribution in [0.3, 0.4) is 0 Å². The molecule has 7 nitrogen and oxygen atoms in total. The van der Waals surface area contributed by atoms with Gasteiger partial charge in [-0.1, -0.05) is 0 Å². The summed E-state index contributed by atoms with van der Waals surface area (Å²) in [5.41, 5.74) is 5.89. The maximum atomic E-state index is 11.5. The summed E-state index contributed by atoms with van der Waals surface area (Å²) in [5.74, 6) is -0.699. The summed E-state index contributed by atoms with van der Waals surface area (Å²) < 4.78 is 0. The number of nitrogens with one attached hydrogen (secondary N) is 3. The van der Waals surface area contributed by atoms with Crippen molar-refractivity contribution in [2.75, 3.05) is 12.3 Å². The molecule has 1 aromatic heterocycles. The van der Waals surface area contributed by atoms with Gasteiger partial charge in [0, 0.05) is 6.04 Å². The SMILES string of the molecule is CC(C)NC(=O)CNC(=O)c1[nH]ncc1N. The first-order chi connectivity index (χ1) is 7.50. The van der Waals surface area contributed by atoms with Crippen molar-refractivity contribution < 1.29 is 9.59 Å². The molecule has 7 heteroatoms. The van der Waals surface area contributed by atoms with Crippen molar-refractivity contribution in [1.29, 1.82) is 0 Å². The van der Waals surface area contributed by atoms with Gasteiger partial charge in [-0.05, 0) is 13.8 Å². The number of hydrogen-bond acceptors (Lipinski definition) is 4. The molecule has 88 valence electrons. The largest absolute Gasteiger partial charge is 0.396 e. The van der Waals surface area contributed by atoms with Gasteiger partial charge in [0.15, 0.2) is 0 Å². The monoisotopic (exact) mass is 225 g/mol. The molecule has 0 bridgehead atoms. The first-order valence-corrected chi connectivity index (χ1v) is 4.87. The van der Waals surface area contributed by atoms with Gasteiger partial charge < -0.3 is 16.4 Å². The number of H-pyrrole nitrogens is 1. The van der Waals surface area contributed by atoms with Crippen molar-refractivity contribution >= 4 is 17.5 Å². The topological polar surface area (TPSA) is 113 Å². The van der Waals surface area contributed by atoms with Crippen LogP contribution in [0.15, 0.2) is 6.20 Å². The van der Waals surface area contributed by atoms with E-state index >= 15 is 0 Å². The van der Waals surface area contributed by atoms with E-state index < -0.39 is 5.91 Å². The highest BCUT2D eigenvalue weighted by Crippen LogP contribution is 2.04. The van der Waals surface area contributed by atoms with Crippen molar-refractivity contribution in [1.82, 2.24) is 20.8 Å². The van der Waals surface area contributed by atoms with E-state index in [1.165, 1.54) is 6.20 Å². The van der Waals surface area contributed by atoms with E-state index in [9.17, 15) is 9.59 Å². The fourth-order valence-corrected chi connectivity index (χ4v) is 1.10.